The average molecular weight is 759 g/mol. The van der Waals surface area contributed by atoms with Crippen LogP contribution in [0.5, 0.6) is 23.0 Å². The van der Waals surface area contributed by atoms with Gasteiger partial charge in [-0.3, -0.25) is 29.4 Å². The van der Waals surface area contributed by atoms with Crippen LogP contribution in [0.3, 0.4) is 0 Å². The van der Waals surface area contributed by atoms with Crippen molar-refractivity contribution in [2.24, 2.45) is 15.4 Å². The summed E-state index contributed by atoms with van der Waals surface area (Å²) in [5.41, 5.74) is 7.73. The fourth-order valence-electron chi connectivity index (χ4n) is 7.55. The van der Waals surface area contributed by atoms with Crippen LogP contribution in [0.2, 0.25) is 0 Å². The molecular weight excluding hydrogens is 713 g/mol. The number of para-hydroxylation sites is 1. The molecule has 0 saturated carbocycles. The first-order valence-corrected chi connectivity index (χ1v) is 20.0. The van der Waals surface area contributed by atoms with Gasteiger partial charge in [0.05, 0.1) is 62.0 Å². The molecule has 2 amide bonds. The van der Waals surface area contributed by atoms with Gasteiger partial charge in [-0.15, -0.1) is 0 Å². The van der Waals surface area contributed by atoms with Gasteiger partial charge in [-0.2, -0.15) is 11.8 Å². The number of thioether (sulfide) groups is 1. The van der Waals surface area contributed by atoms with E-state index in [1.165, 1.54) is 5.56 Å². The summed E-state index contributed by atoms with van der Waals surface area (Å²) in [5, 5.41) is 0. The Morgan fingerprint density at radius 3 is 1.85 bits per heavy atom. The molecule has 4 aromatic rings. The fraction of sp³-hybridized carbons (Fsp3) is 0.364. The number of carbonyl (C=O) groups is 2. The molecule has 55 heavy (non-hydrogen) atoms. The summed E-state index contributed by atoms with van der Waals surface area (Å²) in [6, 6.07) is 21.2. The molecule has 0 saturated heterocycles. The van der Waals surface area contributed by atoms with Crippen molar-refractivity contribution in [3.63, 3.8) is 0 Å². The summed E-state index contributed by atoms with van der Waals surface area (Å²) >= 11 is 1.93. The van der Waals surface area contributed by atoms with E-state index in [4.69, 9.17) is 28.9 Å². The van der Waals surface area contributed by atoms with Crippen LogP contribution in [0.25, 0.3) is 0 Å². The smallest absolute Gasteiger partial charge is 0.261 e. The van der Waals surface area contributed by atoms with Crippen LogP contribution >= 0.6 is 11.8 Å². The van der Waals surface area contributed by atoms with Gasteiger partial charge in [0.25, 0.3) is 11.8 Å². The Morgan fingerprint density at radius 2 is 1.27 bits per heavy atom. The molecule has 0 N–H and O–H groups in total. The second-order valence-corrected chi connectivity index (χ2v) is 16.6. The molecule has 0 unspecified atom stereocenters. The number of anilines is 2. The van der Waals surface area contributed by atoms with Crippen LogP contribution in [0.4, 0.5) is 22.7 Å². The van der Waals surface area contributed by atoms with Gasteiger partial charge >= 0.3 is 0 Å². The number of aliphatic imine (C=N–C) groups is 2. The van der Waals surface area contributed by atoms with E-state index >= 15 is 0 Å². The number of benzene rings is 4. The summed E-state index contributed by atoms with van der Waals surface area (Å²) in [4.78, 5) is 41.1. The highest BCUT2D eigenvalue weighted by Crippen LogP contribution is 2.43. The van der Waals surface area contributed by atoms with E-state index in [0.717, 1.165) is 53.3 Å². The first-order chi connectivity index (χ1) is 26.6. The summed E-state index contributed by atoms with van der Waals surface area (Å²) in [6.07, 6.45) is 6.87. The lowest BCUT2D eigenvalue weighted by molar-refractivity contribution is 0.0978. The largest absolute Gasteiger partial charge is 0.493 e. The minimum atomic E-state index is -0.158. The van der Waals surface area contributed by atoms with Crippen LogP contribution in [0, 0.1) is 5.41 Å². The lowest BCUT2D eigenvalue weighted by Gasteiger charge is -2.22. The number of carbonyl (C=O) groups excluding carboxylic acids is 2. The molecule has 4 aliphatic heterocycles. The van der Waals surface area contributed by atoms with Gasteiger partial charge in [-0.25, -0.2) is 0 Å². The van der Waals surface area contributed by atoms with Gasteiger partial charge in [0.1, 0.15) is 0 Å². The number of amides is 2. The lowest BCUT2D eigenvalue weighted by atomic mass is 9.94. The zero-order chi connectivity index (χ0) is 38.3. The quantitative estimate of drug-likeness (QED) is 0.133. The standard InChI is InChI=1S/C44H46N4O6S/c1-44(2,3)13-16-55-26-27-11-12-29-19-31-25-46-35-23-41(39(52-5)21-33(35)43(50)48(31)37(29)17-27)54-15-8-14-53-40-22-34-32(20-38(40)51-4)42(49)47-30(24-45-34)18-28-9-6-7-10-36(28)47/h6-7,9-12,17,20-25,30-31H,8,13-16,18-19,26H2,1-5H3/t30-,31-/m0/s1. The molecule has 284 valence electrons. The minimum absolute atomic E-state index is 0.0991. The Balaban J connectivity index is 0.913. The van der Waals surface area contributed by atoms with Gasteiger partial charge < -0.3 is 18.9 Å². The second kappa shape index (κ2) is 15.1. The molecule has 4 aromatic carbocycles. The first-order valence-electron chi connectivity index (χ1n) is 18.8. The van der Waals surface area contributed by atoms with E-state index in [1.54, 1.807) is 38.5 Å². The minimum Gasteiger partial charge on any atom is -0.493 e. The van der Waals surface area contributed by atoms with E-state index in [1.807, 2.05) is 52.2 Å². The Hall–Kier alpha value is -5.29. The third-order valence-electron chi connectivity index (χ3n) is 10.5. The number of methoxy groups -OCH3 is 2. The molecular formula is C44H46N4O6S. The molecule has 8 rings (SSSR count). The van der Waals surface area contributed by atoms with Gasteiger partial charge in [0.2, 0.25) is 0 Å². The van der Waals surface area contributed by atoms with Crippen molar-refractivity contribution in [1.29, 1.82) is 0 Å². The maximum atomic E-state index is 14.1. The zero-order valence-electron chi connectivity index (χ0n) is 32.0. The number of hydrogen-bond acceptors (Lipinski definition) is 9. The van der Waals surface area contributed by atoms with Gasteiger partial charge in [-0.1, -0.05) is 51.1 Å². The van der Waals surface area contributed by atoms with Crippen LogP contribution in [0.15, 0.2) is 76.7 Å². The van der Waals surface area contributed by atoms with Crippen molar-refractivity contribution in [3.8, 4) is 23.0 Å². The number of hydrogen-bond donors (Lipinski definition) is 0. The van der Waals surface area contributed by atoms with E-state index in [0.29, 0.717) is 70.5 Å². The van der Waals surface area contributed by atoms with E-state index in [-0.39, 0.29) is 23.9 Å². The van der Waals surface area contributed by atoms with Crippen LogP contribution in [-0.2, 0) is 18.6 Å². The maximum absolute atomic E-state index is 14.1. The van der Waals surface area contributed by atoms with Crippen molar-refractivity contribution in [1.82, 2.24) is 0 Å². The van der Waals surface area contributed by atoms with E-state index in [2.05, 4.69) is 45.0 Å². The molecule has 0 fully saturated rings. The molecule has 10 nitrogen and oxygen atoms in total. The molecule has 0 aromatic heterocycles. The molecule has 11 heteroatoms. The summed E-state index contributed by atoms with van der Waals surface area (Å²) in [6.45, 7) is 7.46. The van der Waals surface area contributed by atoms with Crippen molar-refractivity contribution in [2.45, 2.75) is 64.3 Å². The monoisotopic (exact) mass is 758 g/mol. The predicted octanol–water partition coefficient (Wildman–Crippen LogP) is 8.80. The summed E-state index contributed by atoms with van der Waals surface area (Å²) in [7, 11) is 3.13. The molecule has 0 spiro atoms. The van der Waals surface area contributed by atoms with Crippen molar-refractivity contribution >= 4 is 58.8 Å². The molecule has 4 aliphatic rings. The van der Waals surface area contributed by atoms with Crippen molar-refractivity contribution in [3.05, 3.63) is 94.5 Å². The number of nitrogens with zero attached hydrogens (tertiary/aromatic N) is 4. The van der Waals surface area contributed by atoms with Crippen molar-refractivity contribution < 1.29 is 28.5 Å². The summed E-state index contributed by atoms with van der Waals surface area (Å²) < 4.78 is 23.7. The number of ether oxygens (including phenoxy) is 4. The Morgan fingerprint density at radius 1 is 0.709 bits per heavy atom. The second-order valence-electron chi connectivity index (χ2n) is 15.5. The van der Waals surface area contributed by atoms with Gasteiger partial charge in [-0.05, 0) is 58.5 Å². The van der Waals surface area contributed by atoms with E-state index < -0.39 is 0 Å². The molecule has 0 radical (unpaired) electrons. The third-order valence-corrected chi connectivity index (χ3v) is 11.5. The fourth-order valence-corrected chi connectivity index (χ4v) is 8.86. The average Bonchev–Trinajstić information content (AvgIpc) is 3.66. The molecule has 0 bridgehead atoms. The molecule has 2 atom stereocenters. The topological polar surface area (TPSA) is 102 Å². The Bertz CT molecular complexity index is 2210. The van der Waals surface area contributed by atoms with Gasteiger partial charge in [0.15, 0.2) is 23.0 Å². The number of rotatable bonds is 12. The first kappa shape index (κ1) is 36.7. The van der Waals surface area contributed by atoms with Crippen LogP contribution in [-0.4, -0.2) is 69.5 Å². The summed E-state index contributed by atoms with van der Waals surface area (Å²) in [5.74, 6) is 3.71. The zero-order valence-corrected chi connectivity index (χ0v) is 32.8. The highest BCUT2D eigenvalue weighted by molar-refractivity contribution is 7.98. The SMILES string of the molecule is COc1cc2c(cc1OCCCOc1cc3c(cc1OC)C(=O)N1c4cc(CSCCC(C)(C)C)ccc4C[C@H]1C=N3)N=C[C@@H]1Cc3ccccc3N1C2=O. The molecule has 4 heterocycles. The van der Waals surface area contributed by atoms with Crippen molar-refractivity contribution in [2.75, 3.05) is 43.0 Å². The lowest BCUT2D eigenvalue weighted by Crippen LogP contribution is -2.37. The molecule has 0 aliphatic carbocycles. The highest BCUT2D eigenvalue weighted by Gasteiger charge is 2.38. The normalized spacial score (nSPS) is 17.8. The third kappa shape index (κ3) is 7.29. The Kier molecular flexibility index (Phi) is 10.1. The Labute approximate surface area is 326 Å². The van der Waals surface area contributed by atoms with Gasteiger partial charge in [0, 0.05) is 61.0 Å². The predicted molar refractivity (Wildman–Crippen MR) is 220 cm³/mol. The maximum Gasteiger partial charge on any atom is 0.261 e. The van der Waals surface area contributed by atoms with Crippen LogP contribution in [0.1, 0.15) is 71.0 Å². The highest BCUT2D eigenvalue weighted by atomic mass is 32.2. The number of fused-ring (bicyclic) bond motifs is 8. The van der Waals surface area contributed by atoms with E-state index in [9.17, 15) is 9.59 Å². The van der Waals surface area contributed by atoms with Crippen LogP contribution < -0.4 is 28.7 Å².